The Bertz CT molecular complexity index is 11.6. The first kappa shape index (κ1) is 8.95. The Morgan fingerprint density at radius 2 is 1.20 bits per heavy atom. The van der Waals surface area contributed by atoms with Gasteiger partial charge in [0.05, 0.1) is 0 Å². The summed E-state index contributed by atoms with van der Waals surface area (Å²) in [4.78, 5) is 0. The molecule has 37 valence electrons. The van der Waals surface area contributed by atoms with E-state index in [1.807, 2.05) is 0 Å². The molecule has 0 aliphatic rings. The summed E-state index contributed by atoms with van der Waals surface area (Å²) in [5.74, 6) is 0. The van der Waals surface area contributed by atoms with Gasteiger partial charge in [-0.1, -0.05) is 0 Å². The molecule has 0 bridgehead atoms. The molecule has 0 fully saturated rings. The van der Waals surface area contributed by atoms with Crippen LogP contribution in [0.25, 0.3) is 0 Å². The molecule has 4 N–H and O–H groups in total. The Labute approximate surface area is 38.8 Å². The molecule has 0 aromatic carbocycles. The minimum absolute atomic E-state index is 0.812. The zero-order valence-electron chi connectivity index (χ0n) is 2.87. The fraction of sp³-hybridized carbons (Fsp3) is 0. The van der Waals surface area contributed by atoms with Crippen LogP contribution in [0.3, 0.4) is 0 Å². The monoisotopic (exact) mass is 123 g/mol. The van der Waals surface area contributed by atoms with E-state index in [0.29, 0.717) is 0 Å². The van der Waals surface area contributed by atoms with Gasteiger partial charge in [-0.15, -0.1) is 13.2 Å². The van der Waals surface area contributed by atoms with Gasteiger partial charge in [-0.3, -0.25) is 0 Å². The molecule has 0 heterocycles. The Hall–Kier alpha value is 0.179. The van der Waals surface area contributed by atoms with Gasteiger partial charge in [0.15, 0.2) is 0 Å². The van der Waals surface area contributed by atoms with E-state index < -0.39 is 0 Å². The van der Waals surface area contributed by atoms with Gasteiger partial charge in [0, 0.05) is 0 Å². The normalized spacial score (nSPS) is 5.20. The molecule has 0 saturated heterocycles. The van der Waals surface area contributed by atoms with Crippen molar-refractivity contribution in [2.75, 3.05) is 0 Å². The van der Waals surface area contributed by atoms with E-state index in [4.69, 9.17) is 0 Å². The van der Waals surface area contributed by atoms with Crippen molar-refractivity contribution in [3.63, 3.8) is 0 Å². The summed E-state index contributed by atoms with van der Waals surface area (Å²) in [6, 6.07) is 0. The van der Waals surface area contributed by atoms with Crippen LogP contribution in [0.1, 0.15) is 0 Å². The Morgan fingerprint density at radius 3 is 1.20 bits per heavy atom. The van der Waals surface area contributed by atoms with E-state index in [0.717, 1.165) is 15.4 Å². The molecule has 0 saturated carbocycles. The van der Waals surface area contributed by atoms with E-state index in [-0.39, 0.29) is 0 Å². The van der Waals surface area contributed by atoms with Crippen molar-refractivity contribution in [3.8, 4) is 0 Å². The molecule has 0 aromatic rings. The molecule has 0 spiro atoms. The van der Waals surface area contributed by atoms with Crippen LogP contribution in [0, 0.1) is 0 Å². The first-order valence-electron chi connectivity index (χ1n) is 0.848. The van der Waals surface area contributed by atoms with E-state index in [2.05, 4.69) is 22.7 Å². The van der Waals surface area contributed by atoms with Crippen molar-refractivity contribution in [2.24, 2.45) is 9.50 Å². The number of nitrogens with two attached hydrogens (primary N) is 2. The predicted octanol–water partition coefficient (Wildman–Crippen LogP) is -0.381. The Morgan fingerprint density at radius 1 is 1.20 bits per heavy atom. The second-order valence-electron chi connectivity index (χ2n) is 0.101. The maximum atomic E-state index is 4.53. The molecule has 2 nitrogen and oxygen atoms in total. The van der Waals surface area contributed by atoms with Crippen LogP contribution in [0.4, 0.5) is 0 Å². The summed E-state index contributed by atoms with van der Waals surface area (Å²) in [7, 11) is 0. The van der Waals surface area contributed by atoms with Crippen molar-refractivity contribution in [1.82, 2.24) is 0 Å². The third-order valence-corrected chi connectivity index (χ3v) is 0. The summed E-state index contributed by atoms with van der Waals surface area (Å²) < 4.78 is 9.06. The number of hydrogen-bond acceptors (Lipinski definition) is 2. The van der Waals surface area contributed by atoms with Crippen LogP contribution in [0.15, 0.2) is 13.2 Å². The fourth-order valence-corrected chi connectivity index (χ4v) is 0. The van der Waals surface area contributed by atoms with Crippen LogP contribution >= 0.6 is 0 Å². The standard InChI is InChI=1S/C2H4.Cu.2H2N/c1-2;;;/h1-2H2;;2*1H2/q;+2;2*-1. The van der Waals surface area contributed by atoms with Gasteiger partial charge in [0.2, 0.25) is 0 Å². The van der Waals surface area contributed by atoms with E-state index in [1.165, 1.54) is 0 Å². The summed E-state index contributed by atoms with van der Waals surface area (Å²) >= 11 is 0.812. The summed E-state index contributed by atoms with van der Waals surface area (Å²) in [6.45, 7) is 6.00. The second kappa shape index (κ2) is 30.4. The predicted molar refractivity (Wildman–Crippen MR) is 19.6 cm³/mol. The van der Waals surface area contributed by atoms with Gasteiger partial charge >= 0.3 is 24.9 Å². The minimum atomic E-state index is 0.812. The first-order chi connectivity index (χ1) is 2.41. The molecular weight excluding hydrogens is 116 g/mol. The van der Waals surface area contributed by atoms with Gasteiger partial charge in [0.25, 0.3) is 0 Å². The molecule has 0 rings (SSSR count). The van der Waals surface area contributed by atoms with Crippen LogP contribution in [-0.4, -0.2) is 0 Å². The zero-order chi connectivity index (χ0) is 4.71. The topological polar surface area (TPSA) is 52.0 Å². The maximum absolute atomic E-state index is 4.53. The summed E-state index contributed by atoms with van der Waals surface area (Å²) in [5.41, 5.74) is 0. The Kier molecular flexibility index (Phi) is 54.4. The van der Waals surface area contributed by atoms with Crippen LogP contribution < -0.4 is 9.50 Å². The molecule has 0 atom stereocenters. The molecule has 0 aliphatic carbocycles. The molecule has 0 amide bonds. The SMILES string of the molecule is C=C.[NH2][Cu][NH2]. The van der Waals surface area contributed by atoms with E-state index in [1.54, 1.807) is 0 Å². The second-order valence-corrected chi connectivity index (χ2v) is 0.414. The summed E-state index contributed by atoms with van der Waals surface area (Å²) in [5, 5.41) is 0. The molecule has 0 aromatic heterocycles. The molecule has 0 unspecified atom stereocenters. The van der Waals surface area contributed by atoms with E-state index in [9.17, 15) is 0 Å². The van der Waals surface area contributed by atoms with Crippen LogP contribution in [0.2, 0.25) is 0 Å². The quantitative estimate of drug-likeness (QED) is 0.341. The van der Waals surface area contributed by atoms with Crippen molar-refractivity contribution in [3.05, 3.63) is 13.2 Å². The molecular formula is C2H8CuN2. The molecule has 5 heavy (non-hydrogen) atoms. The third kappa shape index (κ3) is 616. The fourth-order valence-electron chi connectivity index (χ4n) is 0. The number of rotatable bonds is 0. The van der Waals surface area contributed by atoms with Crippen molar-refractivity contribution in [2.45, 2.75) is 0 Å². The number of hydrogen-bond donors (Lipinski definition) is 2. The van der Waals surface area contributed by atoms with Gasteiger partial charge < -0.3 is 0 Å². The van der Waals surface area contributed by atoms with Crippen LogP contribution in [-0.2, 0) is 15.4 Å². The zero-order valence-corrected chi connectivity index (χ0v) is 3.81. The summed E-state index contributed by atoms with van der Waals surface area (Å²) in [6.07, 6.45) is 0. The molecule has 0 aliphatic heterocycles. The van der Waals surface area contributed by atoms with Crippen LogP contribution in [0.5, 0.6) is 0 Å². The first-order valence-corrected chi connectivity index (χ1v) is 1.94. The van der Waals surface area contributed by atoms with Crippen molar-refractivity contribution in [1.29, 1.82) is 0 Å². The van der Waals surface area contributed by atoms with E-state index >= 15 is 0 Å². The van der Waals surface area contributed by atoms with Gasteiger partial charge in [0.1, 0.15) is 0 Å². The van der Waals surface area contributed by atoms with Gasteiger partial charge in [-0.2, -0.15) is 0 Å². The van der Waals surface area contributed by atoms with Gasteiger partial charge in [-0.25, -0.2) is 0 Å². The molecule has 3 heteroatoms. The van der Waals surface area contributed by atoms with Crippen molar-refractivity contribution < 1.29 is 15.4 Å². The average molecular weight is 124 g/mol. The molecule has 0 radical (unpaired) electrons. The van der Waals surface area contributed by atoms with Crippen molar-refractivity contribution >= 4 is 0 Å². The Balaban J connectivity index is 0. The average Bonchev–Trinajstić information content (AvgIpc) is 1.46. The third-order valence-electron chi connectivity index (χ3n) is 0. The van der Waals surface area contributed by atoms with Gasteiger partial charge in [-0.05, 0) is 0 Å².